The summed E-state index contributed by atoms with van der Waals surface area (Å²) in [6.07, 6.45) is -0.317. The van der Waals surface area contributed by atoms with Gasteiger partial charge in [0.2, 0.25) is 0 Å². The van der Waals surface area contributed by atoms with E-state index in [0.717, 1.165) is 0 Å². The van der Waals surface area contributed by atoms with Gasteiger partial charge in [0.1, 0.15) is 11.5 Å². The summed E-state index contributed by atoms with van der Waals surface area (Å²) in [6.45, 7) is 0. The summed E-state index contributed by atoms with van der Waals surface area (Å²) >= 11 is 5.90. The maximum Gasteiger partial charge on any atom is 0.326 e. The lowest BCUT2D eigenvalue weighted by Crippen LogP contribution is -2.22. The van der Waals surface area contributed by atoms with Crippen molar-refractivity contribution in [2.75, 3.05) is 24.9 Å². The second-order valence-corrected chi connectivity index (χ2v) is 9.42. The first-order chi connectivity index (χ1) is 20.3. The van der Waals surface area contributed by atoms with E-state index < -0.39 is 6.03 Å². The maximum atomic E-state index is 13.2. The van der Waals surface area contributed by atoms with Crippen molar-refractivity contribution in [2.45, 2.75) is 12.8 Å². The van der Waals surface area contributed by atoms with Gasteiger partial charge in [0, 0.05) is 21.8 Å². The second kappa shape index (κ2) is 12.4. The van der Waals surface area contributed by atoms with Crippen LogP contribution in [0.15, 0.2) is 72.8 Å². The van der Waals surface area contributed by atoms with E-state index in [2.05, 4.69) is 30.9 Å². The zero-order valence-corrected chi connectivity index (χ0v) is 23.3. The van der Waals surface area contributed by atoms with Crippen molar-refractivity contribution < 1.29 is 23.9 Å². The Kier molecular flexibility index (Phi) is 8.34. The number of ether oxygens (including phenoxy) is 2. The molecule has 5 aromatic rings. The minimum atomic E-state index is -0.608. The van der Waals surface area contributed by atoms with Crippen LogP contribution in [0.1, 0.15) is 32.1 Å². The monoisotopic (exact) mass is 585 g/mol. The third kappa shape index (κ3) is 6.50. The van der Waals surface area contributed by atoms with Crippen molar-refractivity contribution in [1.82, 2.24) is 24.8 Å². The Morgan fingerprint density at radius 3 is 1.83 bits per heavy atom. The van der Waals surface area contributed by atoms with Gasteiger partial charge in [-0.15, -0.1) is 10.2 Å². The third-order valence-electron chi connectivity index (χ3n) is 6.22. The van der Waals surface area contributed by atoms with Crippen molar-refractivity contribution >= 4 is 46.6 Å². The second-order valence-electron chi connectivity index (χ2n) is 8.98. The zero-order chi connectivity index (χ0) is 29.6. The van der Waals surface area contributed by atoms with E-state index in [1.807, 2.05) is 0 Å². The van der Waals surface area contributed by atoms with E-state index in [1.54, 1.807) is 72.8 Å². The molecule has 0 spiro atoms. The Labute approximate surface area is 244 Å². The van der Waals surface area contributed by atoms with Gasteiger partial charge in [0.05, 0.1) is 38.4 Å². The van der Waals surface area contributed by atoms with Gasteiger partial charge in [-0.05, 0) is 72.8 Å². The van der Waals surface area contributed by atoms with Gasteiger partial charge in [-0.25, -0.2) is 9.78 Å². The summed E-state index contributed by atoms with van der Waals surface area (Å²) in [7, 11) is 3.07. The Morgan fingerprint density at radius 2 is 1.29 bits per heavy atom. The fourth-order valence-corrected chi connectivity index (χ4v) is 4.14. The number of carbonyl (C=O) groups excluding carboxylic acids is 3. The molecule has 42 heavy (non-hydrogen) atoms. The van der Waals surface area contributed by atoms with Gasteiger partial charge in [-0.3, -0.25) is 14.9 Å². The molecule has 0 unspecified atom stereocenters. The minimum absolute atomic E-state index is 0.0323. The first-order valence-electron chi connectivity index (χ1n) is 12.6. The topological polar surface area (TPSA) is 150 Å². The number of Topliss-reactive ketones (excluding diaryl/α,β-unsaturated/α-hetero) is 2. The summed E-state index contributed by atoms with van der Waals surface area (Å²) in [5, 5.41) is 18.3. The van der Waals surface area contributed by atoms with E-state index in [-0.39, 0.29) is 47.5 Å². The van der Waals surface area contributed by atoms with E-state index in [1.165, 1.54) is 18.7 Å². The maximum absolute atomic E-state index is 13.2. The van der Waals surface area contributed by atoms with Crippen LogP contribution in [0.4, 0.5) is 16.4 Å². The highest BCUT2D eigenvalue weighted by Gasteiger charge is 2.21. The molecule has 0 aliphatic carbocycles. The molecular formula is C29H24ClN7O5. The van der Waals surface area contributed by atoms with Gasteiger partial charge in [-0.2, -0.15) is 9.61 Å². The summed E-state index contributed by atoms with van der Waals surface area (Å²) in [5.74, 6) is 0.727. The molecule has 0 aliphatic heterocycles. The lowest BCUT2D eigenvalue weighted by Gasteiger charge is -2.10. The molecule has 2 heterocycles. The molecular weight excluding hydrogens is 562 g/mol. The molecule has 0 atom stereocenters. The van der Waals surface area contributed by atoms with Crippen LogP contribution in [0.2, 0.25) is 5.02 Å². The number of methoxy groups -OCH3 is 2. The van der Waals surface area contributed by atoms with E-state index in [0.29, 0.717) is 33.3 Å². The third-order valence-corrected chi connectivity index (χ3v) is 6.47. The lowest BCUT2D eigenvalue weighted by molar-refractivity contribution is 0.0976. The van der Waals surface area contributed by atoms with Crippen LogP contribution in [0, 0.1) is 0 Å². The summed E-state index contributed by atoms with van der Waals surface area (Å²) < 4.78 is 11.5. The molecule has 13 heteroatoms. The van der Waals surface area contributed by atoms with Gasteiger partial charge >= 0.3 is 6.03 Å². The molecule has 2 amide bonds. The van der Waals surface area contributed by atoms with Gasteiger partial charge in [-0.1, -0.05) is 11.6 Å². The van der Waals surface area contributed by atoms with Crippen molar-refractivity contribution in [3.05, 3.63) is 100 Å². The molecule has 0 fully saturated rings. The van der Waals surface area contributed by atoms with E-state index in [4.69, 9.17) is 21.1 Å². The molecule has 0 radical (unpaired) electrons. The Hall–Kier alpha value is -5.36. The highest BCUT2D eigenvalue weighted by molar-refractivity contribution is 6.30. The predicted molar refractivity (Wildman–Crippen MR) is 155 cm³/mol. The van der Waals surface area contributed by atoms with Crippen LogP contribution < -0.4 is 20.1 Å². The smallest absolute Gasteiger partial charge is 0.326 e. The van der Waals surface area contributed by atoms with Crippen LogP contribution >= 0.6 is 11.6 Å². The van der Waals surface area contributed by atoms with Crippen LogP contribution in [-0.2, 0) is 12.8 Å². The SMILES string of the molecule is COc1ccc(C(=O)Cc2nc3nnc(NC(=O)Nc4ccc(Cl)cc4)n3nc2CC(=O)c2ccc(OC)cc2)cc1. The molecule has 0 saturated carbocycles. The van der Waals surface area contributed by atoms with Crippen LogP contribution in [-0.4, -0.2) is 56.6 Å². The molecule has 0 bridgehead atoms. The number of urea groups is 1. The Bertz CT molecular complexity index is 1760. The van der Waals surface area contributed by atoms with Crippen molar-refractivity contribution in [1.29, 1.82) is 0 Å². The van der Waals surface area contributed by atoms with Crippen LogP contribution in [0.3, 0.4) is 0 Å². The number of benzene rings is 3. The number of hydrogen-bond donors (Lipinski definition) is 2. The number of amides is 2. The van der Waals surface area contributed by atoms with Gasteiger partial charge < -0.3 is 14.8 Å². The van der Waals surface area contributed by atoms with Gasteiger partial charge in [0.15, 0.2) is 11.6 Å². The zero-order valence-electron chi connectivity index (χ0n) is 22.5. The summed E-state index contributed by atoms with van der Waals surface area (Å²) in [4.78, 5) is 43.5. The van der Waals surface area contributed by atoms with Crippen molar-refractivity contribution in [2.24, 2.45) is 0 Å². The number of fused-ring (bicyclic) bond motifs is 1. The molecule has 0 aliphatic rings. The predicted octanol–water partition coefficient (Wildman–Crippen LogP) is 4.68. The number of hydrogen-bond acceptors (Lipinski definition) is 9. The summed E-state index contributed by atoms with van der Waals surface area (Å²) in [6, 6.07) is 19.2. The average Bonchev–Trinajstić information content (AvgIpc) is 3.39. The molecule has 12 nitrogen and oxygen atoms in total. The number of halogens is 1. The molecule has 0 saturated heterocycles. The van der Waals surface area contributed by atoms with Gasteiger partial charge in [0.25, 0.3) is 11.7 Å². The highest BCUT2D eigenvalue weighted by atomic mass is 35.5. The Balaban J connectivity index is 1.44. The number of nitrogens with zero attached hydrogens (tertiary/aromatic N) is 5. The van der Waals surface area contributed by atoms with Crippen LogP contribution in [0.25, 0.3) is 5.78 Å². The van der Waals surface area contributed by atoms with E-state index in [9.17, 15) is 14.4 Å². The fourth-order valence-electron chi connectivity index (χ4n) is 4.01. The normalized spacial score (nSPS) is 10.7. The quantitative estimate of drug-likeness (QED) is 0.223. The fraction of sp³-hybridized carbons (Fsp3) is 0.138. The molecule has 3 aromatic carbocycles. The molecule has 212 valence electrons. The molecule has 5 rings (SSSR count). The van der Waals surface area contributed by atoms with Crippen LogP contribution in [0.5, 0.6) is 11.5 Å². The summed E-state index contributed by atoms with van der Waals surface area (Å²) in [5.41, 5.74) is 1.85. The first kappa shape index (κ1) is 28.2. The number of ketones is 2. The van der Waals surface area contributed by atoms with E-state index >= 15 is 0 Å². The molecule has 2 N–H and O–H groups in total. The standard InChI is InChI=1S/C29H24ClN7O5/c1-41-21-11-3-17(4-12-21)25(38)15-23-24(16-26(39)18-5-13-22(42-2)14-6-18)36-37-27(32-23)34-35-28(37)33-29(40)31-20-9-7-19(30)8-10-20/h3-14H,15-16H2,1-2H3,(H2,31,33,35,40). The largest absolute Gasteiger partial charge is 0.497 e. The number of anilines is 2. The average molecular weight is 586 g/mol. The lowest BCUT2D eigenvalue weighted by atomic mass is 10.0. The number of carbonyl (C=O) groups is 3. The molecule has 2 aromatic heterocycles. The number of aromatic nitrogens is 5. The Morgan fingerprint density at radius 1 is 0.738 bits per heavy atom. The number of nitrogens with one attached hydrogen (secondary N) is 2. The minimum Gasteiger partial charge on any atom is -0.497 e. The van der Waals surface area contributed by atoms with Crippen molar-refractivity contribution in [3.8, 4) is 11.5 Å². The first-order valence-corrected chi connectivity index (χ1v) is 13.0. The highest BCUT2D eigenvalue weighted by Crippen LogP contribution is 2.19. The van der Waals surface area contributed by atoms with Crippen molar-refractivity contribution in [3.63, 3.8) is 0 Å². The number of rotatable bonds is 10.